The molecule has 1 unspecified atom stereocenters. The lowest BCUT2D eigenvalue weighted by Gasteiger charge is -2.14. The van der Waals surface area contributed by atoms with Crippen molar-refractivity contribution >= 4 is 5.96 Å². The van der Waals surface area contributed by atoms with Gasteiger partial charge in [0.25, 0.3) is 0 Å². The van der Waals surface area contributed by atoms with Crippen LogP contribution in [-0.2, 0) is 0 Å². The van der Waals surface area contributed by atoms with Crippen molar-refractivity contribution in [1.82, 2.24) is 5.32 Å². The molecule has 0 spiro atoms. The summed E-state index contributed by atoms with van der Waals surface area (Å²) in [5.74, 6) is 1.33. The summed E-state index contributed by atoms with van der Waals surface area (Å²) >= 11 is 0. The molecule has 3 N–H and O–H groups in total. The first-order valence-corrected chi connectivity index (χ1v) is 6.27. The van der Waals surface area contributed by atoms with Crippen molar-refractivity contribution in [1.29, 1.82) is 0 Å². The predicted octanol–water partition coefficient (Wildman–Crippen LogP) is 2.08. The highest BCUT2D eigenvalue weighted by Crippen LogP contribution is 2.14. The van der Waals surface area contributed by atoms with E-state index < -0.39 is 0 Å². The highest BCUT2D eigenvalue weighted by molar-refractivity contribution is 5.78. The van der Waals surface area contributed by atoms with Gasteiger partial charge in [-0.3, -0.25) is 0 Å². The van der Waals surface area contributed by atoms with Gasteiger partial charge in [-0.05, 0) is 45.4 Å². The second-order valence-corrected chi connectivity index (χ2v) is 4.77. The van der Waals surface area contributed by atoms with Gasteiger partial charge in [0.15, 0.2) is 5.96 Å². The molecule has 1 aromatic carbocycles. The number of hydrogen-bond donors (Lipinski definition) is 2. The van der Waals surface area contributed by atoms with Gasteiger partial charge in [-0.25, -0.2) is 4.99 Å². The number of benzene rings is 1. The highest BCUT2D eigenvalue weighted by Gasteiger charge is 2.04. The number of nitrogens with one attached hydrogen (secondary N) is 1. The van der Waals surface area contributed by atoms with Crippen LogP contribution >= 0.6 is 0 Å². The number of nitrogens with zero attached hydrogens (tertiary/aromatic N) is 1. The van der Waals surface area contributed by atoms with Crippen LogP contribution in [0.4, 0.5) is 0 Å². The molecular weight excluding hydrogens is 226 g/mol. The molecule has 0 radical (unpaired) electrons. The normalized spacial score (nSPS) is 13.5. The highest BCUT2D eigenvalue weighted by atomic mass is 16.5. The van der Waals surface area contributed by atoms with Crippen molar-refractivity contribution in [2.24, 2.45) is 10.7 Å². The first-order chi connectivity index (χ1) is 8.47. The van der Waals surface area contributed by atoms with Crippen molar-refractivity contribution in [3.8, 4) is 5.75 Å². The van der Waals surface area contributed by atoms with Gasteiger partial charge in [-0.2, -0.15) is 0 Å². The molecule has 18 heavy (non-hydrogen) atoms. The van der Waals surface area contributed by atoms with E-state index in [1.54, 1.807) is 0 Å². The third kappa shape index (κ3) is 5.57. The molecule has 0 amide bonds. The Morgan fingerprint density at radius 3 is 2.72 bits per heavy atom. The number of ether oxygens (including phenoxy) is 1. The maximum absolute atomic E-state index is 5.76. The second-order valence-electron chi connectivity index (χ2n) is 4.77. The lowest BCUT2D eigenvalue weighted by atomic mass is 10.2. The molecule has 1 aromatic rings. The van der Waals surface area contributed by atoms with Crippen LogP contribution < -0.4 is 15.8 Å². The van der Waals surface area contributed by atoms with Crippen molar-refractivity contribution < 1.29 is 4.74 Å². The molecule has 0 aliphatic rings. The first kappa shape index (κ1) is 14.4. The van der Waals surface area contributed by atoms with Gasteiger partial charge >= 0.3 is 0 Å². The summed E-state index contributed by atoms with van der Waals surface area (Å²) in [6.07, 6.45) is -0.000637. The lowest BCUT2D eigenvalue weighted by molar-refractivity contribution is 0.230. The minimum atomic E-state index is -0.000637. The molecule has 0 saturated heterocycles. The third-order valence-electron chi connectivity index (χ3n) is 2.28. The summed E-state index contributed by atoms with van der Waals surface area (Å²) < 4.78 is 5.76. The van der Waals surface area contributed by atoms with Gasteiger partial charge in [-0.15, -0.1) is 0 Å². The minimum Gasteiger partial charge on any atom is -0.489 e. The van der Waals surface area contributed by atoms with Gasteiger partial charge in [0.2, 0.25) is 0 Å². The SMILES string of the molecule is Cc1cccc(OC(C)CN=C(N)NC(C)C)c1. The fourth-order valence-corrected chi connectivity index (χ4v) is 1.53. The Labute approximate surface area is 109 Å². The Hall–Kier alpha value is -1.71. The largest absolute Gasteiger partial charge is 0.489 e. The average molecular weight is 249 g/mol. The number of rotatable bonds is 5. The standard InChI is InChI=1S/C14H23N3O/c1-10(2)17-14(15)16-9-12(4)18-13-7-5-6-11(3)8-13/h5-8,10,12H,9H2,1-4H3,(H3,15,16,17). The third-order valence-corrected chi connectivity index (χ3v) is 2.28. The van der Waals surface area contributed by atoms with E-state index >= 15 is 0 Å². The second kappa shape index (κ2) is 6.89. The molecule has 0 heterocycles. The van der Waals surface area contributed by atoms with Crippen molar-refractivity contribution in [2.75, 3.05) is 6.54 Å². The summed E-state index contributed by atoms with van der Waals surface area (Å²) in [7, 11) is 0. The minimum absolute atomic E-state index is 0.000637. The quantitative estimate of drug-likeness (QED) is 0.620. The van der Waals surface area contributed by atoms with E-state index in [0.717, 1.165) is 5.75 Å². The zero-order chi connectivity index (χ0) is 13.5. The predicted molar refractivity (Wildman–Crippen MR) is 76.0 cm³/mol. The van der Waals surface area contributed by atoms with Crippen molar-refractivity contribution in [3.05, 3.63) is 29.8 Å². The smallest absolute Gasteiger partial charge is 0.188 e. The summed E-state index contributed by atoms with van der Waals surface area (Å²) in [4.78, 5) is 4.24. The van der Waals surface area contributed by atoms with Crippen LogP contribution in [0.25, 0.3) is 0 Å². The Morgan fingerprint density at radius 2 is 2.11 bits per heavy atom. The fourth-order valence-electron chi connectivity index (χ4n) is 1.53. The van der Waals surface area contributed by atoms with Crippen molar-refractivity contribution in [2.45, 2.75) is 39.8 Å². The molecule has 0 fully saturated rings. The summed E-state index contributed by atoms with van der Waals surface area (Å²) in [6.45, 7) is 8.61. The van der Waals surface area contributed by atoms with E-state index in [-0.39, 0.29) is 6.10 Å². The maximum atomic E-state index is 5.76. The van der Waals surface area contributed by atoms with E-state index in [2.05, 4.69) is 10.3 Å². The van der Waals surface area contributed by atoms with Gasteiger partial charge in [-0.1, -0.05) is 12.1 Å². The van der Waals surface area contributed by atoms with E-state index in [1.807, 2.05) is 52.0 Å². The van der Waals surface area contributed by atoms with Crippen LogP contribution in [-0.4, -0.2) is 24.7 Å². The Morgan fingerprint density at radius 1 is 1.39 bits per heavy atom. The lowest BCUT2D eigenvalue weighted by Crippen LogP contribution is -2.37. The monoisotopic (exact) mass is 249 g/mol. The molecule has 0 bridgehead atoms. The summed E-state index contributed by atoms with van der Waals surface area (Å²) in [5, 5.41) is 3.04. The summed E-state index contributed by atoms with van der Waals surface area (Å²) in [6, 6.07) is 8.27. The van der Waals surface area contributed by atoms with Crippen LogP contribution in [0.15, 0.2) is 29.3 Å². The fraction of sp³-hybridized carbons (Fsp3) is 0.500. The van der Waals surface area contributed by atoms with E-state index in [4.69, 9.17) is 10.5 Å². The number of aliphatic imine (C=N–C) groups is 1. The molecule has 0 aromatic heterocycles. The van der Waals surface area contributed by atoms with Crippen LogP contribution in [0.2, 0.25) is 0 Å². The first-order valence-electron chi connectivity index (χ1n) is 6.27. The molecule has 1 atom stereocenters. The van der Waals surface area contributed by atoms with Crippen molar-refractivity contribution in [3.63, 3.8) is 0 Å². The van der Waals surface area contributed by atoms with Crippen LogP contribution in [0.5, 0.6) is 5.75 Å². The van der Waals surface area contributed by atoms with E-state index in [9.17, 15) is 0 Å². The molecular formula is C14H23N3O. The number of nitrogens with two attached hydrogens (primary N) is 1. The van der Waals surface area contributed by atoms with E-state index in [0.29, 0.717) is 18.5 Å². The van der Waals surface area contributed by atoms with Crippen LogP contribution in [0, 0.1) is 6.92 Å². The van der Waals surface area contributed by atoms with Crippen LogP contribution in [0.1, 0.15) is 26.3 Å². The topological polar surface area (TPSA) is 59.6 Å². The van der Waals surface area contributed by atoms with Crippen LogP contribution in [0.3, 0.4) is 0 Å². The van der Waals surface area contributed by atoms with Gasteiger partial charge < -0.3 is 15.8 Å². The zero-order valence-electron chi connectivity index (χ0n) is 11.6. The summed E-state index contributed by atoms with van der Waals surface area (Å²) in [5.41, 5.74) is 6.91. The molecule has 4 nitrogen and oxygen atoms in total. The Bertz CT molecular complexity index is 402. The molecule has 0 saturated carbocycles. The Kier molecular flexibility index (Phi) is 5.49. The molecule has 1 rings (SSSR count). The van der Waals surface area contributed by atoms with Gasteiger partial charge in [0, 0.05) is 6.04 Å². The maximum Gasteiger partial charge on any atom is 0.188 e. The van der Waals surface area contributed by atoms with E-state index in [1.165, 1.54) is 5.56 Å². The molecule has 4 heteroatoms. The number of hydrogen-bond acceptors (Lipinski definition) is 2. The van der Waals surface area contributed by atoms with Gasteiger partial charge in [0.1, 0.15) is 11.9 Å². The molecule has 0 aliphatic heterocycles. The Balaban J connectivity index is 2.44. The zero-order valence-corrected chi connectivity index (χ0v) is 11.6. The molecule has 100 valence electrons. The average Bonchev–Trinajstić information content (AvgIpc) is 2.25. The number of aryl methyl sites for hydroxylation is 1. The molecule has 0 aliphatic carbocycles. The van der Waals surface area contributed by atoms with Gasteiger partial charge in [0.05, 0.1) is 6.54 Å². The number of guanidine groups is 1.